The van der Waals surface area contributed by atoms with E-state index in [0.29, 0.717) is 0 Å². The van der Waals surface area contributed by atoms with Gasteiger partial charge in [0.1, 0.15) is 6.33 Å². The molecule has 0 spiro atoms. The Bertz CT molecular complexity index is 375. The SMILES string of the molecule is CNc1ncnc(N2CCCCCCC2)c1OC. The first-order valence-electron chi connectivity index (χ1n) is 6.68. The number of nitrogens with one attached hydrogen (secondary N) is 1. The van der Waals surface area contributed by atoms with Crippen LogP contribution in [0.25, 0.3) is 0 Å². The van der Waals surface area contributed by atoms with Gasteiger partial charge in [0.25, 0.3) is 0 Å². The molecule has 1 aromatic heterocycles. The number of rotatable bonds is 3. The van der Waals surface area contributed by atoms with Gasteiger partial charge in [-0.1, -0.05) is 19.3 Å². The summed E-state index contributed by atoms with van der Waals surface area (Å²) in [6, 6.07) is 0. The largest absolute Gasteiger partial charge is 0.490 e. The number of nitrogens with zero attached hydrogens (tertiary/aromatic N) is 3. The summed E-state index contributed by atoms with van der Waals surface area (Å²) in [6.45, 7) is 2.10. The van der Waals surface area contributed by atoms with E-state index in [-0.39, 0.29) is 0 Å². The van der Waals surface area contributed by atoms with E-state index in [1.807, 2.05) is 7.05 Å². The highest BCUT2D eigenvalue weighted by atomic mass is 16.5. The highest BCUT2D eigenvalue weighted by molar-refractivity contribution is 5.64. The van der Waals surface area contributed by atoms with Gasteiger partial charge in [0.15, 0.2) is 11.6 Å². The second-order valence-corrected chi connectivity index (χ2v) is 4.58. The van der Waals surface area contributed by atoms with Gasteiger partial charge in [0.2, 0.25) is 5.75 Å². The molecular weight excluding hydrogens is 228 g/mol. The monoisotopic (exact) mass is 250 g/mol. The lowest BCUT2D eigenvalue weighted by Crippen LogP contribution is -2.28. The average molecular weight is 250 g/mol. The number of ether oxygens (including phenoxy) is 1. The van der Waals surface area contributed by atoms with E-state index in [2.05, 4.69) is 20.2 Å². The van der Waals surface area contributed by atoms with Gasteiger partial charge in [0.05, 0.1) is 7.11 Å². The Morgan fingerprint density at radius 1 is 1.11 bits per heavy atom. The molecule has 0 saturated carbocycles. The van der Waals surface area contributed by atoms with Crippen molar-refractivity contribution in [3.8, 4) is 5.75 Å². The zero-order valence-corrected chi connectivity index (χ0v) is 11.3. The summed E-state index contributed by atoms with van der Waals surface area (Å²) in [5, 5.41) is 3.05. The van der Waals surface area contributed by atoms with E-state index < -0.39 is 0 Å². The maximum atomic E-state index is 5.46. The summed E-state index contributed by atoms with van der Waals surface area (Å²) < 4.78 is 5.46. The van der Waals surface area contributed by atoms with Crippen LogP contribution in [0.15, 0.2) is 6.33 Å². The van der Waals surface area contributed by atoms with Gasteiger partial charge < -0.3 is 15.0 Å². The van der Waals surface area contributed by atoms with Crippen molar-refractivity contribution < 1.29 is 4.74 Å². The third-order valence-corrected chi connectivity index (χ3v) is 3.38. The minimum atomic E-state index is 0.751. The lowest BCUT2D eigenvalue weighted by atomic mass is 10.1. The van der Waals surface area contributed by atoms with Crippen molar-refractivity contribution in [2.45, 2.75) is 32.1 Å². The maximum Gasteiger partial charge on any atom is 0.204 e. The Balaban J connectivity index is 2.24. The Hall–Kier alpha value is -1.52. The van der Waals surface area contributed by atoms with Crippen LogP contribution in [0.1, 0.15) is 32.1 Å². The van der Waals surface area contributed by atoms with Gasteiger partial charge >= 0.3 is 0 Å². The van der Waals surface area contributed by atoms with Crippen LogP contribution in [-0.4, -0.2) is 37.2 Å². The Morgan fingerprint density at radius 3 is 2.39 bits per heavy atom. The van der Waals surface area contributed by atoms with Crippen molar-refractivity contribution in [2.24, 2.45) is 0 Å². The molecule has 1 fully saturated rings. The second-order valence-electron chi connectivity index (χ2n) is 4.58. The van der Waals surface area contributed by atoms with Crippen molar-refractivity contribution in [1.29, 1.82) is 0 Å². The Kier molecular flexibility index (Phi) is 4.61. The molecule has 0 radical (unpaired) electrons. The Morgan fingerprint density at radius 2 is 1.78 bits per heavy atom. The highest BCUT2D eigenvalue weighted by Crippen LogP contribution is 2.32. The van der Waals surface area contributed by atoms with Crippen molar-refractivity contribution in [3.63, 3.8) is 0 Å². The van der Waals surface area contributed by atoms with E-state index in [1.54, 1.807) is 13.4 Å². The summed E-state index contributed by atoms with van der Waals surface area (Å²) in [7, 11) is 3.52. The standard InChI is InChI=1S/C13H22N4O/c1-14-12-11(18-2)13(16-10-15-12)17-8-6-4-3-5-7-9-17/h10H,3-9H2,1-2H3,(H,14,15,16). The molecule has 1 saturated heterocycles. The van der Waals surface area contributed by atoms with Gasteiger partial charge in [-0.3, -0.25) is 0 Å². The van der Waals surface area contributed by atoms with Gasteiger partial charge in [-0.05, 0) is 12.8 Å². The molecule has 5 nitrogen and oxygen atoms in total. The molecule has 0 aliphatic carbocycles. The predicted octanol–water partition coefficient (Wildman–Crippen LogP) is 2.30. The fourth-order valence-corrected chi connectivity index (χ4v) is 2.42. The van der Waals surface area contributed by atoms with Crippen LogP contribution in [-0.2, 0) is 0 Å². The molecule has 1 aromatic rings. The maximum absolute atomic E-state index is 5.46. The van der Waals surface area contributed by atoms with E-state index in [9.17, 15) is 0 Å². The number of hydrogen-bond donors (Lipinski definition) is 1. The molecule has 1 aliphatic rings. The number of aromatic nitrogens is 2. The lowest BCUT2D eigenvalue weighted by molar-refractivity contribution is 0.411. The third-order valence-electron chi connectivity index (χ3n) is 3.38. The zero-order chi connectivity index (χ0) is 12.8. The van der Waals surface area contributed by atoms with Crippen LogP contribution >= 0.6 is 0 Å². The normalized spacial score (nSPS) is 16.9. The molecule has 0 aromatic carbocycles. The molecule has 18 heavy (non-hydrogen) atoms. The topological polar surface area (TPSA) is 50.3 Å². The summed E-state index contributed by atoms with van der Waals surface area (Å²) >= 11 is 0. The predicted molar refractivity (Wildman–Crippen MR) is 73.4 cm³/mol. The highest BCUT2D eigenvalue weighted by Gasteiger charge is 2.18. The summed E-state index contributed by atoms with van der Waals surface area (Å²) in [5.74, 6) is 2.42. The first kappa shape index (κ1) is 12.9. The van der Waals surface area contributed by atoms with Gasteiger partial charge in [-0.25, -0.2) is 9.97 Å². The minimum Gasteiger partial charge on any atom is -0.490 e. The van der Waals surface area contributed by atoms with E-state index in [4.69, 9.17) is 4.74 Å². The molecule has 0 amide bonds. The first-order chi connectivity index (χ1) is 8.86. The molecule has 100 valence electrons. The fraction of sp³-hybridized carbons (Fsp3) is 0.692. The van der Waals surface area contributed by atoms with Crippen molar-refractivity contribution in [2.75, 3.05) is 37.5 Å². The molecule has 5 heteroatoms. The Labute approximate surface area is 109 Å². The van der Waals surface area contributed by atoms with Crippen LogP contribution in [0.4, 0.5) is 11.6 Å². The number of methoxy groups -OCH3 is 1. The first-order valence-corrected chi connectivity index (χ1v) is 6.68. The summed E-state index contributed by atoms with van der Waals surface area (Å²) in [6.07, 6.45) is 8.02. The third kappa shape index (κ3) is 2.83. The molecule has 1 aliphatic heterocycles. The molecule has 0 atom stereocenters. The molecular formula is C13H22N4O. The molecule has 1 N–H and O–H groups in total. The van der Waals surface area contributed by atoms with E-state index in [1.165, 1.54) is 32.1 Å². The van der Waals surface area contributed by atoms with Crippen molar-refractivity contribution in [3.05, 3.63) is 6.33 Å². The van der Waals surface area contributed by atoms with Crippen molar-refractivity contribution >= 4 is 11.6 Å². The van der Waals surface area contributed by atoms with Gasteiger partial charge in [-0.15, -0.1) is 0 Å². The van der Waals surface area contributed by atoms with E-state index in [0.717, 1.165) is 30.5 Å². The van der Waals surface area contributed by atoms with Gasteiger partial charge in [0, 0.05) is 20.1 Å². The smallest absolute Gasteiger partial charge is 0.204 e. The lowest BCUT2D eigenvalue weighted by Gasteiger charge is -2.27. The molecule has 2 rings (SSSR count). The zero-order valence-electron chi connectivity index (χ0n) is 11.3. The molecule has 0 unspecified atom stereocenters. The number of anilines is 2. The summed E-state index contributed by atoms with van der Waals surface area (Å²) in [5.41, 5.74) is 0. The van der Waals surface area contributed by atoms with Gasteiger partial charge in [-0.2, -0.15) is 0 Å². The molecule has 2 heterocycles. The van der Waals surface area contributed by atoms with Crippen LogP contribution in [0.3, 0.4) is 0 Å². The van der Waals surface area contributed by atoms with Crippen LogP contribution in [0.2, 0.25) is 0 Å². The van der Waals surface area contributed by atoms with Crippen LogP contribution in [0, 0.1) is 0 Å². The minimum absolute atomic E-state index is 0.751. The van der Waals surface area contributed by atoms with Crippen LogP contribution in [0.5, 0.6) is 5.75 Å². The van der Waals surface area contributed by atoms with E-state index >= 15 is 0 Å². The van der Waals surface area contributed by atoms with Crippen LogP contribution < -0.4 is 15.0 Å². The van der Waals surface area contributed by atoms with Crippen molar-refractivity contribution in [1.82, 2.24) is 9.97 Å². The molecule has 0 bridgehead atoms. The average Bonchev–Trinajstić information content (AvgIpc) is 2.37. The number of hydrogen-bond acceptors (Lipinski definition) is 5. The second kappa shape index (κ2) is 6.42. The fourth-order valence-electron chi connectivity index (χ4n) is 2.42. The summed E-state index contributed by atoms with van der Waals surface area (Å²) in [4.78, 5) is 10.9. The quantitative estimate of drug-likeness (QED) is 0.892.